The molecule has 3 aromatic rings. The Morgan fingerprint density at radius 1 is 1.06 bits per heavy atom. The average molecular weight is 439 g/mol. The normalized spacial score (nSPS) is 11.9. The molecule has 0 aliphatic carbocycles. The predicted molar refractivity (Wildman–Crippen MR) is 120 cm³/mol. The number of hydroxylamine groups is 1. The zero-order valence-electron chi connectivity index (χ0n) is 16.7. The Labute approximate surface area is 183 Å². The Morgan fingerprint density at radius 2 is 1.77 bits per heavy atom. The van der Waals surface area contributed by atoms with Gasteiger partial charge in [-0.25, -0.2) is 10.3 Å². The summed E-state index contributed by atoms with van der Waals surface area (Å²) < 4.78 is 5.68. The van der Waals surface area contributed by atoms with Crippen LogP contribution in [0.1, 0.15) is 18.1 Å². The number of fused-ring (bicyclic) bond motifs is 1. The molecule has 0 unspecified atom stereocenters. The second-order valence-corrected chi connectivity index (χ2v) is 7.46. The number of hydrogen-bond acceptors (Lipinski definition) is 6. The van der Waals surface area contributed by atoms with E-state index in [0.717, 1.165) is 16.4 Å². The molecule has 0 spiro atoms. The minimum absolute atomic E-state index is 0.117. The summed E-state index contributed by atoms with van der Waals surface area (Å²) in [6.07, 6.45) is 3.41. The maximum atomic E-state index is 12.6. The number of carbonyl (C=O) groups excluding carboxylic acids is 2. The number of rotatable bonds is 7. The van der Waals surface area contributed by atoms with Crippen molar-refractivity contribution in [3.63, 3.8) is 0 Å². The third-order valence-electron chi connectivity index (χ3n) is 4.60. The Bertz CT molecular complexity index is 1100. The lowest BCUT2D eigenvalue weighted by molar-refractivity contribution is -0.124. The van der Waals surface area contributed by atoms with Crippen molar-refractivity contribution in [2.24, 2.45) is 0 Å². The lowest BCUT2D eigenvalue weighted by atomic mass is 9.97. The summed E-state index contributed by atoms with van der Waals surface area (Å²) >= 11 is 1.60. The smallest absolute Gasteiger partial charge is 0.412 e. The fourth-order valence-electron chi connectivity index (χ4n) is 3.11. The number of hydrogen-bond donors (Lipinski definition) is 4. The fourth-order valence-corrected chi connectivity index (χ4v) is 3.52. The van der Waals surface area contributed by atoms with E-state index >= 15 is 0 Å². The Morgan fingerprint density at radius 3 is 2.45 bits per heavy atom. The van der Waals surface area contributed by atoms with Gasteiger partial charge in [-0.05, 0) is 42.0 Å². The van der Waals surface area contributed by atoms with E-state index < -0.39 is 18.1 Å². The maximum Gasteiger partial charge on any atom is 0.412 e. The molecule has 0 heterocycles. The Hall–Kier alpha value is -3.49. The lowest BCUT2D eigenvalue weighted by Gasteiger charge is -2.19. The van der Waals surface area contributed by atoms with Crippen LogP contribution < -0.4 is 10.8 Å². The number of thioether (sulfide) groups is 1. The molecule has 2 amide bonds. The van der Waals surface area contributed by atoms with Gasteiger partial charge >= 0.3 is 6.09 Å². The highest BCUT2D eigenvalue weighted by molar-refractivity contribution is 7.98. The molecule has 0 bridgehead atoms. The third-order valence-corrected chi connectivity index (χ3v) is 5.34. The first kappa shape index (κ1) is 22.2. The van der Waals surface area contributed by atoms with E-state index in [1.165, 1.54) is 17.6 Å². The van der Waals surface area contributed by atoms with Crippen LogP contribution in [0.15, 0.2) is 77.7 Å². The van der Waals surface area contributed by atoms with Gasteiger partial charge in [-0.2, -0.15) is 0 Å². The maximum absolute atomic E-state index is 12.6. The molecule has 1 atom stereocenters. The Balaban J connectivity index is 1.86. The number of carbonyl (C=O) groups is 2. The van der Waals surface area contributed by atoms with Crippen molar-refractivity contribution in [1.82, 2.24) is 5.48 Å². The zero-order valence-corrected chi connectivity index (χ0v) is 17.6. The summed E-state index contributed by atoms with van der Waals surface area (Å²) in [7, 11) is 0. The molecule has 7 nitrogen and oxygen atoms in total. The molecular weight excluding hydrogens is 416 g/mol. The van der Waals surface area contributed by atoms with Crippen LogP contribution in [0.4, 0.5) is 10.5 Å². The number of aromatic hydroxyl groups is 1. The molecule has 160 valence electrons. The van der Waals surface area contributed by atoms with E-state index in [4.69, 9.17) is 9.94 Å². The van der Waals surface area contributed by atoms with E-state index in [2.05, 4.69) is 5.32 Å². The van der Waals surface area contributed by atoms with Crippen LogP contribution in [0.5, 0.6) is 5.75 Å². The van der Waals surface area contributed by atoms with Crippen molar-refractivity contribution < 1.29 is 24.6 Å². The molecule has 3 aromatic carbocycles. The SMILES string of the molecule is CSc1ccc(NC(=O)O[C@@H](C/C=C/C(=O)NO)c2ccc(O)c3ccccc23)cc1. The highest BCUT2D eigenvalue weighted by atomic mass is 32.2. The van der Waals surface area contributed by atoms with Gasteiger partial charge in [0.15, 0.2) is 0 Å². The predicted octanol–water partition coefficient (Wildman–Crippen LogP) is 5.01. The standard InChI is InChI=1S/C23H22N2O5S/c1-31-16-11-9-15(10-12-16)24-23(28)30-21(7-4-8-22(27)25-29)19-13-14-20(26)18-6-3-2-5-17(18)19/h2-6,8-14,21,26,29H,7H2,1H3,(H,24,28)(H,25,27)/b8-4+/t21-/m0/s1. The van der Waals surface area contributed by atoms with Gasteiger partial charge in [-0.15, -0.1) is 11.8 Å². The van der Waals surface area contributed by atoms with Crippen molar-refractivity contribution in [3.8, 4) is 5.75 Å². The van der Waals surface area contributed by atoms with Crippen LogP contribution in [0.2, 0.25) is 0 Å². The quantitative estimate of drug-likeness (QED) is 0.179. The molecule has 0 saturated heterocycles. The van der Waals surface area contributed by atoms with E-state index in [-0.39, 0.29) is 12.2 Å². The molecule has 31 heavy (non-hydrogen) atoms. The molecule has 4 N–H and O–H groups in total. The molecule has 3 rings (SSSR count). The lowest BCUT2D eigenvalue weighted by Crippen LogP contribution is -2.18. The summed E-state index contributed by atoms with van der Waals surface area (Å²) in [5, 5.41) is 22.9. The molecular formula is C23H22N2O5S. The van der Waals surface area contributed by atoms with E-state index in [0.29, 0.717) is 16.6 Å². The number of phenolic OH excluding ortho intramolecular Hbond substituents is 1. The number of amides is 2. The van der Waals surface area contributed by atoms with Crippen LogP contribution in [0, 0.1) is 0 Å². The number of ether oxygens (including phenoxy) is 1. The van der Waals surface area contributed by atoms with Gasteiger partial charge in [0.25, 0.3) is 5.91 Å². The number of phenols is 1. The van der Waals surface area contributed by atoms with Crippen LogP contribution >= 0.6 is 11.8 Å². The minimum atomic E-state index is -0.737. The van der Waals surface area contributed by atoms with Gasteiger partial charge in [-0.3, -0.25) is 15.3 Å². The van der Waals surface area contributed by atoms with Crippen LogP contribution in [-0.4, -0.2) is 28.6 Å². The van der Waals surface area contributed by atoms with Gasteiger partial charge in [-0.1, -0.05) is 36.4 Å². The van der Waals surface area contributed by atoms with Gasteiger partial charge in [0.05, 0.1) is 0 Å². The van der Waals surface area contributed by atoms with Crippen molar-refractivity contribution in [2.45, 2.75) is 17.4 Å². The highest BCUT2D eigenvalue weighted by Crippen LogP contribution is 2.34. The summed E-state index contributed by atoms with van der Waals surface area (Å²) in [6, 6.07) is 17.8. The summed E-state index contributed by atoms with van der Waals surface area (Å²) in [5.41, 5.74) is 2.78. The summed E-state index contributed by atoms with van der Waals surface area (Å²) in [6.45, 7) is 0. The fraction of sp³-hybridized carbons (Fsp3) is 0.130. The second kappa shape index (κ2) is 10.5. The average Bonchev–Trinajstić information content (AvgIpc) is 2.79. The van der Waals surface area contributed by atoms with E-state index in [1.54, 1.807) is 42.1 Å². The van der Waals surface area contributed by atoms with E-state index in [1.807, 2.05) is 30.5 Å². The van der Waals surface area contributed by atoms with Crippen LogP contribution in [0.3, 0.4) is 0 Å². The number of nitrogens with one attached hydrogen (secondary N) is 2. The van der Waals surface area contributed by atoms with Crippen LogP contribution in [-0.2, 0) is 9.53 Å². The number of benzene rings is 3. The first-order chi connectivity index (χ1) is 15.0. The zero-order chi connectivity index (χ0) is 22.2. The minimum Gasteiger partial charge on any atom is -0.507 e. The number of anilines is 1. The van der Waals surface area contributed by atoms with Crippen molar-refractivity contribution in [1.29, 1.82) is 0 Å². The molecule has 0 aromatic heterocycles. The van der Waals surface area contributed by atoms with Crippen molar-refractivity contribution >= 4 is 40.2 Å². The van der Waals surface area contributed by atoms with Crippen LogP contribution in [0.25, 0.3) is 10.8 Å². The monoisotopic (exact) mass is 438 g/mol. The van der Waals surface area contributed by atoms with Crippen molar-refractivity contribution in [2.75, 3.05) is 11.6 Å². The van der Waals surface area contributed by atoms with Gasteiger partial charge in [0.1, 0.15) is 11.9 Å². The highest BCUT2D eigenvalue weighted by Gasteiger charge is 2.19. The van der Waals surface area contributed by atoms with Crippen molar-refractivity contribution in [3.05, 3.63) is 78.4 Å². The second-order valence-electron chi connectivity index (χ2n) is 6.58. The molecule has 0 saturated carbocycles. The summed E-state index contributed by atoms with van der Waals surface area (Å²) in [4.78, 5) is 24.9. The molecule has 0 radical (unpaired) electrons. The molecule has 8 heteroatoms. The third kappa shape index (κ3) is 5.78. The van der Waals surface area contributed by atoms with Gasteiger partial charge < -0.3 is 9.84 Å². The van der Waals surface area contributed by atoms with Gasteiger partial charge in [0, 0.05) is 34.0 Å². The molecule has 0 aliphatic heterocycles. The van der Waals surface area contributed by atoms with Gasteiger partial charge in [0.2, 0.25) is 0 Å². The molecule has 0 fully saturated rings. The first-order valence-electron chi connectivity index (χ1n) is 9.44. The largest absolute Gasteiger partial charge is 0.507 e. The first-order valence-corrected chi connectivity index (χ1v) is 10.7. The Kier molecular flexibility index (Phi) is 7.53. The molecule has 0 aliphatic rings. The topological polar surface area (TPSA) is 108 Å². The van der Waals surface area contributed by atoms with E-state index in [9.17, 15) is 14.7 Å². The summed E-state index contributed by atoms with van der Waals surface area (Å²) in [5.74, 6) is -0.570.